The van der Waals surface area contributed by atoms with E-state index in [1.807, 2.05) is 0 Å². The molecule has 0 aliphatic heterocycles. The van der Waals surface area contributed by atoms with Crippen LogP contribution in [0.2, 0.25) is 0 Å². The van der Waals surface area contributed by atoms with Gasteiger partial charge in [-0.1, -0.05) is 11.8 Å². The highest BCUT2D eigenvalue weighted by Gasteiger charge is 2.14. The van der Waals surface area contributed by atoms with E-state index in [0.29, 0.717) is 17.5 Å². The van der Waals surface area contributed by atoms with Gasteiger partial charge in [0.2, 0.25) is 5.91 Å². The molecular formula is C11H14N6O2S. The molecule has 2 aromatic heterocycles. The zero-order valence-corrected chi connectivity index (χ0v) is 11.4. The Morgan fingerprint density at radius 1 is 1.40 bits per heavy atom. The minimum absolute atomic E-state index is 0.0488. The minimum atomic E-state index is -0.306. The lowest BCUT2D eigenvalue weighted by Crippen LogP contribution is -2.31. The Bertz CT molecular complexity index is 574. The Labute approximate surface area is 119 Å². The molecule has 2 heterocycles. The molecule has 0 unspecified atom stereocenters. The average molecular weight is 294 g/mol. The number of carbonyl (C=O) groups is 1. The molecule has 0 saturated heterocycles. The summed E-state index contributed by atoms with van der Waals surface area (Å²) in [5.41, 5.74) is 2.89. The van der Waals surface area contributed by atoms with Crippen molar-refractivity contribution in [1.82, 2.24) is 25.2 Å². The maximum Gasteiger partial charge on any atom is 0.244 e. The minimum Gasteiger partial charge on any atom is -0.395 e. The fourth-order valence-corrected chi connectivity index (χ4v) is 2.36. The molecule has 0 fully saturated rings. The Kier molecular flexibility index (Phi) is 5.04. The zero-order chi connectivity index (χ0) is 14.4. The number of carbonyl (C=O) groups excluding carboxylic acids is 1. The van der Waals surface area contributed by atoms with Crippen molar-refractivity contribution in [3.05, 3.63) is 24.5 Å². The molecule has 0 aromatic carbocycles. The summed E-state index contributed by atoms with van der Waals surface area (Å²) in [4.78, 5) is 15.1. The predicted molar refractivity (Wildman–Crippen MR) is 73.4 cm³/mol. The monoisotopic (exact) mass is 294 g/mol. The number of rotatable bonds is 6. The van der Waals surface area contributed by atoms with Crippen molar-refractivity contribution >= 4 is 17.7 Å². The Balaban J connectivity index is 2.25. The summed E-state index contributed by atoms with van der Waals surface area (Å²) in [6, 6.07) is 3.61. The predicted octanol–water partition coefficient (Wildman–Crippen LogP) is -0.586. The smallest absolute Gasteiger partial charge is 0.244 e. The molecule has 4 N–H and O–H groups in total. The van der Waals surface area contributed by atoms with Crippen molar-refractivity contribution in [2.75, 3.05) is 12.4 Å². The number of hydrazine groups is 1. The highest BCUT2D eigenvalue weighted by Crippen LogP contribution is 2.23. The maximum absolute atomic E-state index is 11.2. The van der Waals surface area contributed by atoms with Crippen LogP contribution >= 0.6 is 11.8 Å². The fraction of sp³-hybridized carbons (Fsp3) is 0.273. The van der Waals surface area contributed by atoms with Gasteiger partial charge in [-0.2, -0.15) is 0 Å². The van der Waals surface area contributed by atoms with Crippen LogP contribution in [0.5, 0.6) is 0 Å². The van der Waals surface area contributed by atoms with Gasteiger partial charge in [0.1, 0.15) is 0 Å². The van der Waals surface area contributed by atoms with Crippen LogP contribution in [0.15, 0.2) is 29.7 Å². The zero-order valence-electron chi connectivity index (χ0n) is 10.6. The van der Waals surface area contributed by atoms with Gasteiger partial charge in [0.25, 0.3) is 0 Å². The lowest BCUT2D eigenvalue weighted by molar-refractivity contribution is -0.118. The van der Waals surface area contributed by atoms with Gasteiger partial charge in [0.05, 0.1) is 12.4 Å². The van der Waals surface area contributed by atoms with Gasteiger partial charge >= 0.3 is 0 Å². The second kappa shape index (κ2) is 6.98. The number of pyridine rings is 1. The number of nitrogens with two attached hydrogens (primary N) is 1. The molecule has 2 rings (SSSR count). The van der Waals surface area contributed by atoms with Gasteiger partial charge < -0.3 is 5.11 Å². The third kappa shape index (κ3) is 3.32. The van der Waals surface area contributed by atoms with Crippen LogP contribution in [-0.2, 0) is 11.3 Å². The van der Waals surface area contributed by atoms with E-state index in [2.05, 4.69) is 20.6 Å². The number of thioether (sulfide) groups is 1. The lowest BCUT2D eigenvalue weighted by atomic mass is 10.2. The fourth-order valence-electron chi connectivity index (χ4n) is 1.58. The van der Waals surface area contributed by atoms with Gasteiger partial charge in [-0.05, 0) is 12.1 Å². The number of amides is 1. The lowest BCUT2D eigenvalue weighted by Gasteiger charge is -2.07. The third-order valence-corrected chi connectivity index (χ3v) is 3.44. The standard InChI is InChI=1S/C11H14N6O2S/c12-14-9(19)7-20-11-16-15-10(17(11)5-6-18)8-1-3-13-4-2-8/h1-4,18H,5-7,12H2,(H,14,19). The van der Waals surface area contributed by atoms with Gasteiger partial charge in [0, 0.05) is 24.5 Å². The van der Waals surface area contributed by atoms with Gasteiger partial charge in [-0.15, -0.1) is 10.2 Å². The summed E-state index contributed by atoms with van der Waals surface area (Å²) in [5.74, 6) is 5.48. The number of aliphatic hydroxyl groups is 1. The SMILES string of the molecule is NNC(=O)CSc1nnc(-c2ccncc2)n1CCO. The Hall–Kier alpha value is -1.97. The van der Waals surface area contributed by atoms with Crippen molar-refractivity contribution in [1.29, 1.82) is 0 Å². The molecule has 0 saturated carbocycles. The molecule has 0 aliphatic carbocycles. The first-order valence-electron chi connectivity index (χ1n) is 5.83. The molecule has 0 spiro atoms. The van der Waals surface area contributed by atoms with E-state index in [1.165, 1.54) is 11.8 Å². The molecule has 0 aliphatic rings. The van der Waals surface area contributed by atoms with Crippen molar-refractivity contribution in [2.24, 2.45) is 5.84 Å². The van der Waals surface area contributed by atoms with Crippen LogP contribution < -0.4 is 11.3 Å². The first-order chi connectivity index (χ1) is 9.76. The van der Waals surface area contributed by atoms with Gasteiger partial charge in [-0.3, -0.25) is 19.8 Å². The van der Waals surface area contributed by atoms with Crippen molar-refractivity contribution in [3.63, 3.8) is 0 Å². The van der Waals surface area contributed by atoms with E-state index < -0.39 is 0 Å². The molecular weight excluding hydrogens is 280 g/mol. The van der Waals surface area contributed by atoms with E-state index >= 15 is 0 Å². The van der Waals surface area contributed by atoms with E-state index in [9.17, 15) is 4.79 Å². The number of nitrogens with zero attached hydrogens (tertiary/aromatic N) is 4. The summed E-state index contributed by atoms with van der Waals surface area (Å²) in [5, 5.41) is 17.9. The third-order valence-electron chi connectivity index (χ3n) is 2.47. The van der Waals surface area contributed by atoms with E-state index in [0.717, 1.165) is 5.56 Å². The maximum atomic E-state index is 11.2. The molecule has 106 valence electrons. The number of hydrogen-bond donors (Lipinski definition) is 3. The second-order valence-corrected chi connectivity index (χ2v) is 4.72. The summed E-state index contributed by atoms with van der Waals surface area (Å²) < 4.78 is 1.75. The number of aliphatic hydroxyl groups excluding tert-OH is 1. The highest BCUT2D eigenvalue weighted by molar-refractivity contribution is 7.99. The quantitative estimate of drug-likeness (QED) is 0.282. The normalized spacial score (nSPS) is 10.5. The van der Waals surface area contributed by atoms with Crippen LogP contribution in [0.25, 0.3) is 11.4 Å². The largest absolute Gasteiger partial charge is 0.395 e. The second-order valence-electron chi connectivity index (χ2n) is 3.77. The molecule has 9 heteroatoms. The molecule has 2 aromatic rings. The molecule has 0 atom stereocenters. The number of hydrogen-bond acceptors (Lipinski definition) is 7. The van der Waals surface area contributed by atoms with Gasteiger partial charge in [0.15, 0.2) is 11.0 Å². The topological polar surface area (TPSA) is 119 Å². The molecule has 1 amide bonds. The Morgan fingerprint density at radius 3 is 2.80 bits per heavy atom. The van der Waals surface area contributed by atoms with Crippen molar-refractivity contribution in [2.45, 2.75) is 11.7 Å². The molecule has 0 bridgehead atoms. The van der Waals surface area contributed by atoms with E-state index in [-0.39, 0.29) is 18.3 Å². The Morgan fingerprint density at radius 2 is 2.15 bits per heavy atom. The summed E-state index contributed by atoms with van der Waals surface area (Å²) >= 11 is 1.21. The van der Waals surface area contributed by atoms with E-state index in [1.54, 1.807) is 29.1 Å². The summed E-state index contributed by atoms with van der Waals surface area (Å²) in [6.07, 6.45) is 3.31. The summed E-state index contributed by atoms with van der Waals surface area (Å²) in [7, 11) is 0. The van der Waals surface area contributed by atoms with Crippen molar-refractivity contribution < 1.29 is 9.90 Å². The van der Waals surface area contributed by atoms with E-state index in [4.69, 9.17) is 10.9 Å². The highest BCUT2D eigenvalue weighted by atomic mass is 32.2. The first kappa shape index (κ1) is 14.4. The van der Waals surface area contributed by atoms with Gasteiger partial charge in [-0.25, -0.2) is 5.84 Å². The van der Waals surface area contributed by atoms with Crippen LogP contribution in [0.1, 0.15) is 0 Å². The first-order valence-corrected chi connectivity index (χ1v) is 6.81. The molecule has 8 nitrogen and oxygen atoms in total. The number of aromatic nitrogens is 4. The van der Waals surface area contributed by atoms with Crippen molar-refractivity contribution in [3.8, 4) is 11.4 Å². The van der Waals surface area contributed by atoms with Crippen LogP contribution in [0, 0.1) is 0 Å². The molecule has 20 heavy (non-hydrogen) atoms. The van der Waals surface area contributed by atoms with Crippen LogP contribution in [0.3, 0.4) is 0 Å². The average Bonchev–Trinajstić information content (AvgIpc) is 2.89. The van der Waals surface area contributed by atoms with Crippen LogP contribution in [0.4, 0.5) is 0 Å². The number of nitrogens with one attached hydrogen (secondary N) is 1. The summed E-state index contributed by atoms with van der Waals surface area (Å²) in [6.45, 7) is 0.296. The van der Waals surface area contributed by atoms with Crippen LogP contribution in [-0.4, -0.2) is 43.1 Å². The molecule has 0 radical (unpaired) electrons.